The highest BCUT2D eigenvalue weighted by Gasteiger charge is 2.15. The van der Waals surface area contributed by atoms with E-state index in [-0.39, 0.29) is 16.7 Å². The second-order valence-electron chi connectivity index (χ2n) is 4.58. The van der Waals surface area contributed by atoms with Gasteiger partial charge in [-0.1, -0.05) is 24.4 Å². The number of hydrogen-bond donors (Lipinski definition) is 3. The molecule has 98 valence electrons. The highest BCUT2D eigenvalue weighted by atomic mass is 35.5. The molecule has 0 bridgehead atoms. The van der Waals surface area contributed by atoms with Crippen molar-refractivity contribution in [1.29, 1.82) is 0 Å². The van der Waals surface area contributed by atoms with Gasteiger partial charge in [0.1, 0.15) is 5.75 Å². The van der Waals surface area contributed by atoms with Crippen LogP contribution in [0, 0.1) is 0 Å². The summed E-state index contributed by atoms with van der Waals surface area (Å²) in [4.78, 5) is 11.7. The van der Waals surface area contributed by atoms with Gasteiger partial charge in [0.2, 0.25) is 5.91 Å². The number of nitrogens with one attached hydrogen (secondary N) is 2. The first-order chi connectivity index (χ1) is 8.65. The molecule has 1 amide bonds. The summed E-state index contributed by atoms with van der Waals surface area (Å²) in [6, 6.07) is 5.08. The van der Waals surface area contributed by atoms with Gasteiger partial charge in [0.05, 0.1) is 11.6 Å². The predicted molar refractivity (Wildman–Crippen MR) is 72.0 cm³/mol. The second-order valence-corrected chi connectivity index (χ2v) is 4.98. The van der Waals surface area contributed by atoms with Crippen molar-refractivity contribution in [3.63, 3.8) is 0 Å². The molecule has 3 N–H and O–H groups in total. The number of halogens is 1. The first kappa shape index (κ1) is 13.2. The number of benzene rings is 1. The predicted octanol–water partition coefficient (Wildman–Crippen LogP) is 2.52. The maximum absolute atomic E-state index is 11.7. The van der Waals surface area contributed by atoms with Gasteiger partial charge in [0.25, 0.3) is 0 Å². The third kappa shape index (κ3) is 3.62. The van der Waals surface area contributed by atoms with Gasteiger partial charge in [-0.25, -0.2) is 0 Å². The molecular weight excluding hydrogens is 252 g/mol. The zero-order valence-corrected chi connectivity index (χ0v) is 10.8. The Bertz CT molecular complexity index is 431. The lowest BCUT2D eigenvalue weighted by Crippen LogP contribution is -2.34. The number of hydrogen-bond acceptors (Lipinski definition) is 3. The molecule has 1 aliphatic rings. The van der Waals surface area contributed by atoms with Crippen molar-refractivity contribution in [2.24, 2.45) is 0 Å². The van der Waals surface area contributed by atoms with Crippen LogP contribution in [0.5, 0.6) is 5.75 Å². The Morgan fingerprint density at radius 1 is 1.39 bits per heavy atom. The molecule has 2 rings (SSSR count). The number of carbonyl (C=O) groups is 1. The molecule has 1 aromatic carbocycles. The van der Waals surface area contributed by atoms with E-state index in [0.29, 0.717) is 18.3 Å². The van der Waals surface area contributed by atoms with Gasteiger partial charge in [0, 0.05) is 11.7 Å². The first-order valence-electron chi connectivity index (χ1n) is 6.17. The molecular formula is C13H17ClN2O2. The van der Waals surface area contributed by atoms with Gasteiger partial charge in [0.15, 0.2) is 0 Å². The maximum atomic E-state index is 11.7. The van der Waals surface area contributed by atoms with Crippen LogP contribution in [0.25, 0.3) is 0 Å². The Balaban J connectivity index is 1.80. The highest BCUT2D eigenvalue weighted by Crippen LogP contribution is 2.25. The summed E-state index contributed by atoms with van der Waals surface area (Å²) in [5.41, 5.74) is 0.594. The van der Waals surface area contributed by atoms with E-state index in [4.69, 9.17) is 11.6 Å². The molecule has 0 unspecified atom stereocenters. The van der Waals surface area contributed by atoms with Gasteiger partial charge >= 0.3 is 0 Å². The molecule has 4 nitrogen and oxygen atoms in total. The number of rotatable bonds is 4. The largest absolute Gasteiger partial charge is 0.506 e. The maximum Gasteiger partial charge on any atom is 0.238 e. The lowest BCUT2D eigenvalue weighted by atomic mass is 10.2. The summed E-state index contributed by atoms with van der Waals surface area (Å²) >= 11 is 5.76. The number of phenols is 1. The van der Waals surface area contributed by atoms with Crippen molar-refractivity contribution in [2.75, 3.05) is 11.9 Å². The molecule has 18 heavy (non-hydrogen) atoms. The van der Waals surface area contributed by atoms with E-state index in [2.05, 4.69) is 10.6 Å². The molecule has 0 heterocycles. The van der Waals surface area contributed by atoms with Crippen LogP contribution >= 0.6 is 11.6 Å². The Morgan fingerprint density at radius 3 is 2.78 bits per heavy atom. The molecule has 5 heteroatoms. The van der Waals surface area contributed by atoms with Crippen molar-refractivity contribution in [3.05, 3.63) is 23.2 Å². The van der Waals surface area contributed by atoms with E-state index in [9.17, 15) is 9.90 Å². The fraction of sp³-hybridized carbons (Fsp3) is 0.462. The molecule has 1 fully saturated rings. The molecule has 0 atom stereocenters. The zero-order valence-electron chi connectivity index (χ0n) is 10.1. The molecule has 0 spiro atoms. The molecule has 1 aromatic rings. The van der Waals surface area contributed by atoms with Crippen LogP contribution in [0.15, 0.2) is 18.2 Å². The van der Waals surface area contributed by atoms with E-state index in [1.165, 1.54) is 25.0 Å². The topological polar surface area (TPSA) is 61.4 Å². The van der Waals surface area contributed by atoms with Crippen LogP contribution in [-0.4, -0.2) is 23.6 Å². The van der Waals surface area contributed by atoms with Gasteiger partial charge in [-0.05, 0) is 31.0 Å². The highest BCUT2D eigenvalue weighted by molar-refractivity contribution is 6.32. The molecule has 1 saturated carbocycles. The Kier molecular flexibility index (Phi) is 4.44. The first-order valence-corrected chi connectivity index (χ1v) is 6.54. The lowest BCUT2D eigenvalue weighted by molar-refractivity contribution is -0.115. The molecule has 1 aliphatic carbocycles. The van der Waals surface area contributed by atoms with E-state index in [1.807, 2.05) is 0 Å². The SMILES string of the molecule is O=C(CNC1CCCC1)Nc1ccc(O)c(Cl)c1. The summed E-state index contributed by atoms with van der Waals surface area (Å²) in [5.74, 6) is -0.0811. The minimum absolute atomic E-state index is 0.0127. The minimum atomic E-state index is -0.0938. The monoisotopic (exact) mass is 268 g/mol. The lowest BCUT2D eigenvalue weighted by Gasteiger charge is -2.12. The third-order valence-corrected chi connectivity index (χ3v) is 3.44. The Morgan fingerprint density at radius 2 is 2.11 bits per heavy atom. The normalized spacial score (nSPS) is 15.8. The second kappa shape index (κ2) is 6.07. The van der Waals surface area contributed by atoms with Crippen LogP contribution in [0.4, 0.5) is 5.69 Å². The van der Waals surface area contributed by atoms with Crippen LogP contribution in [0.3, 0.4) is 0 Å². The van der Waals surface area contributed by atoms with E-state index in [1.54, 1.807) is 6.07 Å². The summed E-state index contributed by atoms with van der Waals surface area (Å²) in [6.45, 7) is 0.309. The summed E-state index contributed by atoms with van der Waals surface area (Å²) in [5, 5.41) is 15.5. The summed E-state index contributed by atoms with van der Waals surface area (Å²) in [7, 11) is 0. The number of carbonyl (C=O) groups excluding carboxylic acids is 1. The van der Waals surface area contributed by atoms with Gasteiger partial charge < -0.3 is 15.7 Å². The van der Waals surface area contributed by atoms with Crippen LogP contribution in [0.1, 0.15) is 25.7 Å². The van der Waals surface area contributed by atoms with Gasteiger partial charge in [-0.2, -0.15) is 0 Å². The fourth-order valence-electron chi connectivity index (χ4n) is 2.16. The average molecular weight is 269 g/mol. The fourth-order valence-corrected chi connectivity index (χ4v) is 2.34. The zero-order chi connectivity index (χ0) is 13.0. The van der Waals surface area contributed by atoms with Crippen molar-refractivity contribution >= 4 is 23.2 Å². The standard InChI is InChI=1S/C13H17ClN2O2/c14-11-7-10(5-6-12(11)17)16-13(18)8-15-9-3-1-2-4-9/h5-7,9,15,17H,1-4,8H2,(H,16,18). The Labute approximate surface area is 111 Å². The van der Waals surface area contributed by atoms with Crippen molar-refractivity contribution in [2.45, 2.75) is 31.7 Å². The van der Waals surface area contributed by atoms with Crippen LogP contribution in [0.2, 0.25) is 5.02 Å². The molecule has 0 aromatic heterocycles. The average Bonchev–Trinajstić information content (AvgIpc) is 2.84. The molecule has 0 saturated heterocycles. The quantitative estimate of drug-likeness (QED) is 0.736. The number of amides is 1. The Hall–Kier alpha value is -1.26. The van der Waals surface area contributed by atoms with Crippen LogP contribution < -0.4 is 10.6 Å². The summed E-state index contributed by atoms with van der Waals surface area (Å²) in [6.07, 6.45) is 4.79. The molecule has 0 aliphatic heterocycles. The minimum Gasteiger partial charge on any atom is -0.506 e. The van der Waals surface area contributed by atoms with Gasteiger partial charge in [-0.3, -0.25) is 4.79 Å². The van der Waals surface area contributed by atoms with E-state index in [0.717, 1.165) is 12.8 Å². The van der Waals surface area contributed by atoms with Gasteiger partial charge in [-0.15, -0.1) is 0 Å². The third-order valence-electron chi connectivity index (χ3n) is 3.14. The van der Waals surface area contributed by atoms with Crippen molar-refractivity contribution in [3.8, 4) is 5.75 Å². The number of phenolic OH excluding ortho intramolecular Hbond substituents is 1. The smallest absolute Gasteiger partial charge is 0.238 e. The number of anilines is 1. The summed E-state index contributed by atoms with van der Waals surface area (Å²) < 4.78 is 0. The van der Waals surface area contributed by atoms with Crippen LogP contribution in [-0.2, 0) is 4.79 Å². The van der Waals surface area contributed by atoms with E-state index < -0.39 is 0 Å². The van der Waals surface area contributed by atoms with Crippen molar-refractivity contribution in [1.82, 2.24) is 5.32 Å². The number of aromatic hydroxyl groups is 1. The van der Waals surface area contributed by atoms with E-state index >= 15 is 0 Å². The molecule has 0 radical (unpaired) electrons. The van der Waals surface area contributed by atoms with Crippen molar-refractivity contribution < 1.29 is 9.90 Å².